The van der Waals surface area contributed by atoms with Crippen LogP contribution in [0.25, 0.3) is 11.0 Å². The monoisotopic (exact) mass is 467 g/mol. The number of anilines is 2. The van der Waals surface area contributed by atoms with Crippen LogP contribution in [-0.4, -0.2) is 36.1 Å². The van der Waals surface area contributed by atoms with E-state index in [0.29, 0.717) is 23.0 Å². The number of aliphatic imine (C=N–C) groups is 1. The average Bonchev–Trinajstić information content (AvgIpc) is 3.53. The molecule has 1 aromatic carbocycles. The number of rotatable bonds is 4. The normalized spacial score (nSPS) is 26.8. The standard InChI is InChI=1S/C22H19F2N7OS/c1-10(32)22-6-16(22)21(2,31-20(26)33-22)13-4-12(5-14(23)17(13)24)30-19-18-15(28-9-29-19)3-11(7-25)8-27-18/h3-5,8-10,16,32H,6H2,1-2H3,(H2,26,31)(H,28,29,30)/t10?,16-,21-,22+/m0/s1. The number of nitrogens with two attached hydrogens (primary N) is 1. The molecule has 1 fully saturated rings. The summed E-state index contributed by atoms with van der Waals surface area (Å²) in [5.74, 6) is -2.00. The number of nitrogens with zero attached hydrogens (tertiary/aromatic N) is 5. The van der Waals surface area contributed by atoms with Gasteiger partial charge in [-0.3, -0.25) is 4.99 Å². The molecule has 11 heteroatoms. The average molecular weight is 468 g/mol. The second-order valence-electron chi connectivity index (χ2n) is 8.46. The van der Waals surface area contributed by atoms with Gasteiger partial charge in [0.2, 0.25) is 0 Å². The molecule has 0 amide bonds. The molecule has 1 aliphatic heterocycles. The van der Waals surface area contributed by atoms with Crippen LogP contribution >= 0.6 is 11.8 Å². The molecule has 8 nitrogen and oxygen atoms in total. The maximum Gasteiger partial charge on any atom is 0.164 e. The van der Waals surface area contributed by atoms with Gasteiger partial charge in [0.25, 0.3) is 0 Å². The van der Waals surface area contributed by atoms with E-state index in [1.165, 1.54) is 30.4 Å². The van der Waals surface area contributed by atoms with Crippen molar-refractivity contribution in [2.45, 2.75) is 36.7 Å². The Hall–Kier alpha value is -3.36. The lowest BCUT2D eigenvalue weighted by atomic mass is 9.84. The Bertz CT molecular complexity index is 1370. The largest absolute Gasteiger partial charge is 0.392 e. The fourth-order valence-electron chi connectivity index (χ4n) is 4.63. The van der Waals surface area contributed by atoms with Crippen LogP contribution in [0.1, 0.15) is 31.4 Å². The molecule has 4 atom stereocenters. The predicted molar refractivity (Wildman–Crippen MR) is 121 cm³/mol. The number of benzene rings is 1. The third kappa shape index (κ3) is 3.29. The van der Waals surface area contributed by atoms with Crippen molar-refractivity contribution in [3.05, 3.63) is 53.5 Å². The molecular weight excluding hydrogens is 448 g/mol. The third-order valence-corrected chi connectivity index (χ3v) is 7.89. The Morgan fingerprint density at radius 1 is 1.30 bits per heavy atom. The van der Waals surface area contributed by atoms with Gasteiger partial charge in [0, 0.05) is 29.4 Å². The highest BCUT2D eigenvalue weighted by molar-refractivity contribution is 8.15. The van der Waals surface area contributed by atoms with Crippen LogP contribution in [0.15, 0.2) is 35.7 Å². The fraction of sp³-hybridized carbons (Fsp3) is 0.318. The summed E-state index contributed by atoms with van der Waals surface area (Å²) in [4.78, 5) is 17.0. The van der Waals surface area contributed by atoms with Gasteiger partial charge in [0.1, 0.15) is 17.9 Å². The van der Waals surface area contributed by atoms with Crippen molar-refractivity contribution < 1.29 is 13.9 Å². The number of fused-ring (bicyclic) bond motifs is 2. The van der Waals surface area contributed by atoms with Gasteiger partial charge in [0.15, 0.2) is 22.6 Å². The Labute approximate surface area is 192 Å². The van der Waals surface area contributed by atoms with E-state index < -0.39 is 28.0 Å². The van der Waals surface area contributed by atoms with Crippen LogP contribution < -0.4 is 11.1 Å². The van der Waals surface area contributed by atoms with E-state index in [4.69, 9.17) is 11.0 Å². The van der Waals surface area contributed by atoms with Crippen molar-refractivity contribution in [3.63, 3.8) is 0 Å². The number of nitriles is 1. The SMILES string of the molecule is CC(O)[C@]12C[C@H]1[C@](C)(c1cc(Nc3ncnc4cc(C#N)cnc34)cc(F)c1F)N=C(N)S2. The van der Waals surface area contributed by atoms with Gasteiger partial charge in [-0.05, 0) is 32.4 Å². The molecule has 0 radical (unpaired) electrons. The lowest BCUT2D eigenvalue weighted by molar-refractivity contribution is 0.169. The number of amidine groups is 1. The van der Waals surface area contributed by atoms with Crippen LogP contribution in [0.3, 0.4) is 0 Å². The zero-order valence-corrected chi connectivity index (χ0v) is 18.5. The number of pyridine rings is 1. The Morgan fingerprint density at radius 3 is 2.82 bits per heavy atom. The fourth-order valence-corrected chi connectivity index (χ4v) is 6.05. The zero-order chi connectivity index (χ0) is 23.5. The number of aliphatic hydroxyl groups excluding tert-OH is 1. The highest BCUT2D eigenvalue weighted by Gasteiger charge is 2.68. The lowest BCUT2D eigenvalue weighted by Gasteiger charge is -2.35. The molecule has 33 heavy (non-hydrogen) atoms. The number of hydrogen-bond acceptors (Lipinski definition) is 9. The summed E-state index contributed by atoms with van der Waals surface area (Å²) in [6, 6.07) is 6.07. The molecule has 1 unspecified atom stereocenters. The topological polar surface area (TPSA) is 133 Å². The second-order valence-corrected chi connectivity index (χ2v) is 9.84. The number of hydrogen-bond donors (Lipinski definition) is 3. The Morgan fingerprint density at radius 2 is 2.09 bits per heavy atom. The van der Waals surface area contributed by atoms with Crippen molar-refractivity contribution in [1.82, 2.24) is 15.0 Å². The molecule has 4 N–H and O–H groups in total. The van der Waals surface area contributed by atoms with Gasteiger partial charge >= 0.3 is 0 Å². The Kier molecular flexibility index (Phi) is 4.77. The molecule has 0 saturated heterocycles. The minimum Gasteiger partial charge on any atom is -0.392 e. The smallest absolute Gasteiger partial charge is 0.164 e. The summed E-state index contributed by atoms with van der Waals surface area (Å²) < 4.78 is 29.2. The van der Waals surface area contributed by atoms with Crippen molar-refractivity contribution in [1.29, 1.82) is 5.26 Å². The van der Waals surface area contributed by atoms with Crippen molar-refractivity contribution in [2.24, 2.45) is 16.6 Å². The molecular formula is C22H19F2N7OS. The van der Waals surface area contributed by atoms with Crippen molar-refractivity contribution in [3.8, 4) is 6.07 Å². The van der Waals surface area contributed by atoms with Crippen LogP contribution in [0, 0.1) is 28.9 Å². The second kappa shape index (κ2) is 7.33. The van der Waals surface area contributed by atoms with Gasteiger partial charge in [0.05, 0.1) is 27.5 Å². The van der Waals surface area contributed by atoms with Gasteiger partial charge < -0.3 is 16.2 Å². The number of aromatic nitrogens is 3. The maximum atomic E-state index is 15.1. The molecule has 1 aliphatic carbocycles. The van der Waals surface area contributed by atoms with E-state index in [-0.39, 0.29) is 28.2 Å². The molecule has 3 heterocycles. The molecule has 2 aliphatic rings. The van der Waals surface area contributed by atoms with Gasteiger partial charge in [-0.25, -0.2) is 23.7 Å². The molecule has 0 spiro atoms. The molecule has 2 aromatic heterocycles. The first-order valence-electron chi connectivity index (χ1n) is 10.2. The maximum absolute atomic E-state index is 15.1. The first-order chi connectivity index (χ1) is 15.7. The summed E-state index contributed by atoms with van der Waals surface area (Å²) in [5, 5.41) is 22.6. The highest BCUT2D eigenvalue weighted by atomic mass is 32.2. The minimum absolute atomic E-state index is 0.0406. The van der Waals surface area contributed by atoms with Crippen molar-refractivity contribution in [2.75, 3.05) is 5.32 Å². The summed E-state index contributed by atoms with van der Waals surface area (Å²) >= 11 is 1.29. The van der Waals surface area contributed by atoms with Crippen molar-refractivity contribution >= 4 is 39.5 Å². The van der Waals surface area contributed by atoms with E-state index in [2.05, 4.69) is 25.3 Å². The van der Waals surface area contributed by atoms with Gasteiger partial charge in [-0.15, -0.1) is 0 Å². The van der Waals surface area contributed by atoms with Gasteiger partial charge in [-0.1, -0.05) is 11.8 Å². The minimum atomic E-state index is -1.15. The van der Waals surface area contributed by atoms with Crippen LogP contribution in [-0.2, 0) is 5.54 Å². The lowest BCUT2D eigenvalue weighted by Crippen LogP contribution is -2.40. The van der Waals surface area contributed by atoms with Crippen LogP contribution in [0.5, 0.6) is 0 Å². The van der Waals surface area contributed by atoms with Gasteiger partial charge in [-0.2, -0.15) is 5.26 Å². The van der Waals surface area contributed by atoms with E-state index in [0.717, 1.165) is 6.07 Å². The molecule has 0 bridgehead atoms. The summed E-state index contributed by atoms with van der Waals surface area (Å²) in [7, 11) is 0. The summed E-state index contributed by atoms with van der Waals surface area (Å²) in [6.07, 6.45) is 2.57. The molecule has 5 rings (SSSR count). The van der Waals surface area contributed by atoms with E-state index >= 15 is 4.39 Å². The third-order valence-electron chi connectivity index (χ3n) is 6.42. The number of thioether (sulfide) groups is 1. The summed E-state index contributed by atoms with van der Waals surface area (Å²) in [6.45, 7) is 3.38. The predicted octanol–water partition coefficient (Wildman–Crippen LogP) is 3.33. The molecule has 3 aromatic rings. The summed E-state index contributed by atoms with van der Waals surface area (Å²) in [5.41, 5.74) is 6.33. The number of halogens is 2. The van der Waals surface area contributed by atoms with E-state index in [9.17, 15) is 9.50 Å². The highest BCUT2D eigenvalue weighted by Crippen LogP contribution is 2.67. The molecule has 168 valence electrons. The first kappa shape index (κ1) is 21.5. The number of aliphatic hydroxyl groups is 1. The quantitative estimate of drug-likeness (QED) is 0.532. The van der Waals surface area contributed by atoms with Crippen LogP contribution in [0.2, 0.25) is 0 Å². The first-order valence-corrected chi connectivity index (χ1v) is 11.0. The molecule has 1 saturated carbocycles. The Balaban J connectivity index is 1.58. The van der Waals surface area contributed by atoms with Crippen LogP contribution in [0.4, 0.5) is 20.3 Å². The number of nitrogens with one attached hydrogen (secondary N) is 1. The zero-order valence-electron chi connectivity index (χ0n) is 17.7. The van der Waals surface area contributed by atoms with E-state index in [1.807, 2.05) is 6.07 Å². The van der Waals surface area contributed by atoms with E-state index in [1.54, 1.807) is 19.9 Å².